The number of aromatic nitrogens is 4. The highest BCUT2D eigenvalue weighted by Crippen LogP contribution is 2.28. The topological polar surface area (TPSA) is 52.8 Å². The number of fused-ring (bicyclic) bond motifs is 2. The standard InChI is InChI=1S/C16H11ClN4O/c1-22-16-3-2-11(7-12(16)17)21-15-8-14-13(18-4-5-19-14)6-10(15)9-20-21/h2-9H,1H3. The quantitative estimate of drug-likeness (QED) is 0.567. The number of benzene rings is 2. The van der Waals surface area contributed by atoms with Gasteiger partial charge < -0.3 is 4.74 Å². The van der Waals surface area contributed by atoms with E-state index in [1.807, 2.05) is 41.2 Å². The van der Waals surface area contributed by atoms with Crippen LogP contribution in [0.25, 0.3) is 27.6 Å². The molecule has 0 spiro atoms. The highest BCUT2D eigenvalue weighted by Gasteiger charge is 2.09. The maximum Gasteiger partial charge on any atom is 0.137 e. The van der Waals surface area contributed by atoms with Gasteiger partial charge in [0.2, 0.25) is 0 Å². The molecule has 0 atom stereocenters. The summed E-state index contributed by atoms with van der Waals surface area (Å²) < 4.78 is 7.01. The van der Waals surface area contributed by atoms with Crippen LogP contribution in [-0.4, -0.2) is 26.9 Å². The van der Waals surface area contributed by atoms with E-state index >= 15 is 0 Å². The summed E-state index contributed by atoms with van der Waals surface area (Å²) in [6.07, 6.45) is 5.17. The van der Waals surface area contributed by atoms with E-state index in [1.165, 1.54) is 0 Å². The molecule has 0 N–H and O–H groups in total. The largest absolute Gasteiger partial charge is 0.495 e. The van der Waals surface area contributed by atoms with E-state index < -0.39 is 0 Å². The molecule has 4 aromatic rings. The zero-order valence-corrected chi connectivity index (χ0v) is 12.4. The van der Waals surface area contributed by atoms with Crippen molar-refractivity contribution in [1.29, 1.82) is 0 Å². The first-order valence-electron chi connectivity index (χ1n) is 6.69. The second-order valence-corrected chi connectivity index (χ2v) is 5.24. The van der Waals surface area contributed by atoms with Gasteiger partial charge in [-0.15, -0.1) is 0 Å². The summed E-state index contributed by atoms with van der Waals surface area (Å²) in [5.74, 6) is 0.637. The molecule has 2 aromatic carbocycles. The highest BCUT2D eigenvalue weighted by molar-refractivity contribution is 6.32. The summed E-state index contributed by atoms with van der Waals surface area (Å²) in [4.78, 5) is 8.65. The monoisotopic (exact) mass is 310 g/mol. The van der Waals surface area contributed by atoms with Crippen LogP contribution in [-0.2, 0) is 0 Å². The van der Waals surface area contributed by atoms with E-state index in [2.05, 4.69) is 15.1 Å². The lowest BCUT2D eigenvalue weighted by atomic mass is 10.2. The van der Waals surface area contributed by atoms with Crippen molar-refractivity contribution in [2.75, 3.05) is 7.11 Å². The molecule has 0 aliphatic heterocycles. The number of methoxy groups -OCH3 is 1. The Morgan fingerprint density at radius 3 is 2.55 bits per heavy atom. The first-order valence-corrected chi connectivity index (χ1v) is 7.06. The van der Waals surface area contributed by atoms with Gasteiger partial charge in [0.1, 0.15) is 5.75 Å². The second kappa shape index (κ2) is 4.96. The van der Waals surface area contributed by atoms with Crippen LogP contribution in [0.15, 0.2) is 48.9 Å². The number of halogens is 1. The Bertz CT molecular complexity index is 996. The smallest absolute Gasteiger partial charge is 0.137 e. The van der Waals surface area contributed by atoms with Crippen LogP contribution in [0.5, 0.6) is 5.75 Å². The molecule has 0 aliphatic rings. The Hall–Kier alpha value is -2.66. The van der Waals surface area contributed by atoms with Crippen molar-refractivity contribution >= 4 is 33.5 Å². The lowest BCUT2D eigenvalue weighted by Crippen LogP contribution is -1.97. The predicted molar refractivity (Wildman–Crippen MR) is 85.7 cm³/mol. The van der Waals surface area contributed by atoms with Gasteiger partial charge in [-0.3, -0.25) is 9.97 Å². The molecule has 108 valence electrons. The Labute approximate surface area is 131 Å². The van der Waals surface area contributed by atoms with Gasteiger partial charge in [-0.2, -0.15) is 5.10 Å². The number of rotatable bonds is 2. The molecule has 0 unspecified atom stereocenters. The molecule has 0 radical (unpaired) electrons. The Morgan fingerprint density at radius 1 is 1.05 bits per heavy atom. The molecule has 0 bridgehead atoms. The molecule has 6 heteroatoms. The molecule has 5 nitrogen and oxygen atoms in total. The van der Waals surface area contributed by atoms with Crippen LogP contribution in [0.4, 0.5) is 0 Å². The predicted octanol–water partition coefficient (Wildman–Crippen LogP) is 3.63. The molecule has 0 fully saturated rings. The molecule has 0 saturated carbocycles. The van der Waals surface area contributed by atoms with Crippen molar-refractivity contribution in [2.24, 2.45) is 0 Å². The third-order valence-corrected chi connectivity index (χ3v) is 3.83. The number of ether oxygens (including phenoxy) is 1. The molecule has 0 aliphatic carbocycles. The van der Waals surface area contributed by atoms with Gasteiger partial charge in [0, 0.05) is 17.8 Å². The van der Waals surface area contributed by atoms with Crippen molar-refractivity contribution in [1.82, 2.24) is 19.7 Å². The average molecular weight is 311 g/mol. The lowest BCUT2D eigenvalue weighted by Gasteiger charge is -2.07. The summed E-state index contributed by atoms with van der Waals surface area (Å²) in [5.41, 5.74) is 3.50. The third-order valence-electron chi connectivity index (χ3n) is 3.54. The maximum atomic E-state index is 6.20. The molecule has 0 amide bonds. The number of nitrogens with zero attached hydrogens (tertiary/aromatic N) is 4. The Kier molecular flexibility index (Phi) is 2.94. The van der Waals surface area contributed by atoms with Gasteiger partial charge in [-0.05, 0) is 30.3 Å². The van der Waals surface area contributed by atoms with E-state index in [0.29, 0.717) is 10.8 Å². The zero-order valence-electron chi connectivity index (χ0n) is 11.7. The van der Waals surface area contributed by atoms with E-state index in [0.717, 1.165) is 27.6 Å². The van der Waals surface area contributed by atoms with Crippen LogP contribution in [0.2, 0.25) is 5.02 Å². The van der Waals surface area contributed by atoms with E-state index in [9.17, 15) is 0 Å². The van der Waals surface area contributed by atoms with Crippen molar-refractivity contribution in [2.45, 2.75) is 0 Å². The van der Waals surface area contributed by atoms with Gasteiger partial charge in [0.15, 0.2) is 0 Å². The summed E-state index contributed by atoms with van der Waals surface area (Å²) >= 11 is 6.20. The van der Waals surface area contributed by atoms with Crippen LogP contribution in [0.1, 0.15) is 0 Å². The minimum absolute atomic E-state index is 0.546. The van der Waals surface area contributed by atoms with Gasteiger partial charge in [0.25, 0.3) is 0 Å². The minimum atomic E-state index is 0.546. The van der Waals surface area contributed by atoms with Gasteiger partial charge in [-0.25, -0.2) is 4.68 Å². The first-order chi connectivity index (χ1) is 10.8. The Morgan fingerprint density at radius 2 is 1.82 bits per heavy atom. The molecular weight excluding hydrogens is 300 g/mol. The van der Waals surface area contributed by atoms with Crippen LogP contribution < -0.4 is 4.74 Å². The lowest BCUT2D eigenvalue weighted by molar-refractivity contribution is 0.415. The van der Waals surface area contributed by atoms with E-state index in [1.54, 1.807) is 19.5 Å². The fourth-order valence-electron chi connectivity index (χ4n) is 2.48. The van der Waals surface area contributed by atoms with Gasteiger partial charge in [0.05, 0.1) is 40.6 Å². The number of hydrogen-bond acceptors (Lipinski definition) is 4. The van der Waals surface area contributed by atoms with E-state index in [-0.39, 0.29) is 0 Å². The van der Waals surface area contributed by atoms with Crippen molar-refractivity contribution in [3.8, 4) is 11.4 Å². The molecule has 22 heavy (non-hydrogen) atoms. The van der Waals surface area contributed by atoms with Crippen LogP contribution in [0, 0.1) is 0 Å². The fourth-order valence-corrected chi connectivity index (χ4v) is 2.73. The third kappa shape index (κ3) is 1.98. The highest BCUT2D eigenvalue weighted by atomic mass is 35.5. The summed E-state index contributed by atoms with van der Waals surface area (Å²) in [6, 6.07) is 9.52. The maximum absolute atomic E-state index is 6.20. The fraction of sp³-hybridized carbons (Fsp3) is 0.0625. The van der Waals surface area contributed by atoms with E-state index in [4.69, 9.17) is 16.3 Å². The van der Waals surface area contributed by atoms with Gasteiger partial charge in [-0.1, -0.05) is 11.6 Å². The minimum Gasteiger partial charge on any atom is -0.495 e. The van der Waals surface area contributed by atoms with Crippen molar-refractivity contribution in [3.05, 3.63) is 53.9 Å². The molecule has 2 heterocycles. The average Bonchev–Trinajstić information content (AvgIpc) is 2.95. The summed E-state index contributed by atoms with van der Waals surface area (Å²) in [5, 5.41) is 5.99. The second-order valence-electron chi connectivity index (χ2n) is 4.83. The molecule has 2 aromatic heterocycles. The summed E-state index contributed by atoms with van der Waals surface area (Å²) in [7, 11) is 1.59. The van der Waals surface area contributed by atoms with Gasteiger partial charge >= 0.3 is 0 Å². The summed E-state index contributed by atoms with van der Waals surface area (Å²) in [6.45, 7) is 0. The SMILES string of the molecule is COc1ccc(-n2ncc3cc4nccnc4cc32)cc1Cl. The number of hydrogen-bond donors (Lipinski definition) is 0. The zero-order chi connectivity index (χ0) is 15.1. The van der Waals surface area contributed by atoms with Crippen molar-refractivity contribution < 1.29 is 4.74 Å². The van der Waals surface area contributed by atoms with Crippen LogP contribution in [0.3, 0.4) is 0 Å². The Balaban J connectivity index is 1.95. The molecule has 4 rings (SSSR count). The first kappa shape index (κ1) is 13.0. The molecule has 0 saturated heterocycles. The molecular formula is C16H11ClN4O. The normalized spacial score (nSPS) is 11.2. The van der Waals surface area contributed by atoms with Crippen molar-refractivity contribution in [3.63, 3.8) is 0 Å². The van der Waals surface area contributed by atoms with Crippen LogP contribution >= 0.6 is 11.6 Å².